The molecule has 0 radical (unpaired) electrons. The molecule has 2 aromatic carbocycles. The Kier molecular flexibility index (Phi) is 5.05. The van der Waals surface area contributed by atoms with Crippen molar-refractivity contribution < 1.29 is 9.72 Å². The molecule has 1 N–H and O–H groups in total. The van der Waals surface area contributed by atoms with Gasteiger partial charge >= 0.3 is 5.69 Å². The van der Waals surface area contributed by atoms with Crippen molar-refractivity contribution in [3.05, 3.63) is 79.5 Å². The lowest BCUT2D eigenvalue weighted by Crippen LogP contribution is -2.51. The summed E-state index contributed by atoms with van der Waals surface area (Å²) in [5.41, 5.74) is 0.199. The van der Waals surface area contributed by atoms with Gasteiger partial charge in [-0.1, -0.05) is 12.1 Å². The van der Waals surface area contributed by atoms with Crippen LogP contribution in [0.5, 0.6) is 0 Å². The molecule has 4 rings (SSSR count). The fourth-order valence-corrected chi connectivity index (χ4v) is 3.58. The zero-order valence-corrected chi connectivity index (χ0v) is 16.0. The van der Waals surface area contributed by atoms with Crippen LogP contribution in [0.25, 0.3) is 10.9 Å². The number of rotatable bonds is 4. The number of non-ortho nitro benzene ring substituents is 1. The quantitative estimate of drug-likeness (QED) is 0.506. The van der Waals surface area contributed by atoms with E-state index in [0.29, 0.717) is 37.1 Å². The third kappa shape index (κ3) is 3.66. The van der Waals surface area contributed by atoms with Gasteiger partial charge in [0.1, 0.15) is 6.54 Å². The second kappa shape index (κ2) is 7.82. The molecule has 0 saturated carbocycles. The van der Waals surface area contributed by atoms with Crippen molar-refractivity contribution in [2.24, 2.45) is 0 Å². The minimum atomic E-state index is -0.614. The molecule has 10 nitrogen and oxygen atoms in total. The molecular formula is C20H19N5O5. The van der Waals surface area contributed by atoms with Crippen LogP contribution in [0.1, 0.15) is 0 Å². The molecule has 2 heterocycles. The van der Waals surface area contributed by atoms with Crippen LogP contribution in [-0.4, -0.2) is 51.5 Å². The van der Waals surface area contributed by atoms with E-state index in [1.54, 1.807) is 41.3 Å². The number of nitro benzene ring substituents is 1. The van der Waals surface area contributed by atoms with Crippen molar-refractivity contribution in [2.45, 2.75) is 6.54 Å². The van der Waals surface area contributed by atoms with Crippen molar-refractivity contribution >= 4 is 28.2 Å². The van der Waals surface area contributed by atoms with E-state index >= 15 is 0 Å². The third-order valence-corrected chi connectivity index (χ3v) is 5.24. The van der Waals surface area contributed by atoms with Gasteiger partial charge in [0, 0.05) is 44.0 Å². The van der Waals surface area contributed by atoms with E-state index in [2.05, 4.69) is 4.98 Å². The molecule has 1 aromatic heterocycles. The molecule has 0 spiro atoms. The number of aromatic amines is 1. The maximum Gasteiger partial charge on any atom is 0.329 e. The molecule has 0 bridgehead atoms. The maximum absolute atomic E-state index is 12.7. The molecule has 30 heavy (non-hydrogen) atoms. The number of carbonyl (C=O) groups is 1. The van der Waals surface area contributed by atoms with Gasteiger partial charge in [0.05, 0.1) is 15.8 Å². The molecule has 1 aliphatic rings. The van der Waals surface area contributed by atoms with E-state index in [0.717, 1.165) is 10.3 Å². The zero-order chi connectivity index (χ0) is 21.3. The van der Waals surface area contributed by atoms with Crippen LogP contribution in [0.2, 0.25) is 0 Å². The number of fused-ring (bicyclic) bond motifs is 1. The molecule has 1 fully saturated rings. The van der Waals surface area contributed by atoms with E-state index < -0.39 is 16.2 Å². The van der Waals surface area contributed by atoms with Crippen LogP contribution in [0, 0.1) is 10.1 Å². The number of hydrogen-bond donors (Lipinski definition) is 1. The fraction of sp³-hybridized carbons (Fsp3) is 0.250. The number of H-pyrrole nitrogens is 1. The molecule has 154 valence electrons. The van der Waals surface area contributed by atoms with Gasteiger partial charge < -0.3 is 14.8 Å². The van der Waals surface area contributed by atoms with Gasteiger partial charge in [-0.05, 0) is 24.3 Å². The Balaban J connectivity index is 1.44. The number of piperazine rings is 1. The SMILES string of the molecule is O=C(Cn1c(=O)[nH]c2ccccc2c1=O)N1CCN(c2ccc([N+](=O)[O-])cc2)CC1. The number of nitrogens with zero attached hydrogens (tertiary/aromatic N) is 4. The minimum absolute atomic E-state index is 0.0265. The van der Waals surface area contributed by atoms with Crippen molar-refractivity contribution in [3.63, 3.8) is 0 Å². The Labute approximate surface area is 170 Å². The zero-order valence-electron chi connectivity index (χ0n) is 16.0. The summed E-state index contributed by atoms with van der Waals surface area (Å²) in [6.45, 7) is 1.63. The summed E-state index contributed by atoms with van der Waals surface area (Å²) >= 11 is 0. The van der Waals surface area contributed by atoms with Crippen LogP contribution < -0.4 is 16.1 Å². The Morgan fingerprint density at radius 1 is 1.00 bits per heavy atom. The smallest absolute Gasteiger partial charge is 0.329 e. The predicted molar refractivity (Wildman–Crippen MR) is 111 cm³/mol. The summed E-state index contributed by atoms with van der Waals surface area (Å²) in [7, 11) is 0. The normalized spacial score (nSPS) is 14.1. The number of para-hydroxylation sites is 1. The van der Waals surface area contributed by atoms with Gasteiger partial charge in [-0.3, -0.25) is 24.3 Å². The first-order valence-electron chi connectivity index (χ1n) is 9.43. The number of nitrogens with one attached hydrogen (secondary N) is 1. The van der Waals surface area contributed by atoms with Crippen molar-refractivity contribution in [3.8, 4) is 0 Å². The number of carbonyl (C=O) groups excluding carboxylic acids is 1. The Morgan fingerprint density at radius 2 is 1.67 bits per heavy atom. The van der Waals surface area contributed by atoms with Gasteiger partial charge in [-0.15, -0.1) is 0 Å². The number of aromatic nitrogens is 2. The summed E-state index contributed by atoms with van der Waals surface area (Å²) in [5, 5.41) is 11.1. The number of amides is 1. The number of benzene rings is 2. The first-order valence-corrected chi connectivity index (χ1v) is 9.43. The molecule has 1 saturated heterocycles. The van der Waals surface area contributed by atoms with Gasteiger partial charge in [0.2, 0.25) is 5.91 Å². The van der Waals surface area contributed by atoms with Gasteiger partial charge in [-0.25, -0.2) is 4.79 Å². The number of anilines is 1. The number of nitro groups is 1. The minimum Gasteiger partial charge on any atom is -0.368 e. The molecular weight excluding hydrogens is 390 g/mol. The third-order valence-electron chi connectivity index (χ3n) is 5.24. The van der Waals surface area contributed by atoms with Crippen LogP contribution in [-0.2, 0) is 11.3 Å². The second-order valence-corrected chi connectivity index (χ2v) is 7.01. The van der Waals surface area contributed by atoms with Crippen LogP contribution in [0.15, 0.2) is 58.1 Å². The highest BCUT2D eigenvalue weighted by molar-refractivity contribution is 5.79. The first-order chi connectivity index (χ1) is 14.4. The Bertz CT molecular complexity index is 1220. The monoisotopic (exact) mass is 409 g/mol. The maximum atomic E-state index is 12.7. The van der Waals surface area contributed by atoms with Gasteiger partial charge in [0.15, 0.2) is 0 Å². The average molecular weight is 409 g/mol. The van der Waals surface area contributed by atoms with Crippen molar-refractivity contribution in [1.82, 2.24) is 14.5 Å². The van der Waals surface area contributed by atoms with Crippen LogP contribution >= 0.6 is 0 Å². The van der Waals surface area contributed by atoms with E-state index in [9.17, 15) is 24.5 Å². The average Bonchev–Trinajstić information content (AvgIpc) is 2.76. The fourth-order valence-electron chi connectivity index (χ4n) is 3.58. The highest BCUT2D eigenvalue weighted by Crippen LogP contribution is 2.20. The highest BCUT2D eigenvalue weighted by atomic mass is 16.6. The Morgan fingerprint density at radius 3 is 2.33 bits per heavy atom. The van der Waals surface area contributed by atoms with Gasteiger partial charge in [-0.2, -0.15) is 0 Å². The molecule has 0 unspecified atom stereocenters. The largest absolute Gasteiger partial charge is 0.368 e. The standard InChI is InChI=1S/C20H19N5O5/c26-18(13-24-19(27)16-3-1-2-4-17(16)21-20(24)28)23-11-9-22(10-12-23)14-5-7-15(8-6-14)25(29)30/h1-8H,9-13H2,(H,21,28). The summed E-state index contributed by atoms with van der Waals surface area (Å²) < 4.78 is 0.924. The summed E-state index contributed by atoms with van der Waals surface area (Å²) in [4.78, 5) is 54.2. The van der Waals surface area contributed by atoms with E-state index in [1.807, 2.05) is 4.90 Å². The Hall–Kier alpha value is -3.95. The van der Waals surface area contributed by atoms with Crippen molar-refractivity contribution in [2.75, 3.05) is 31.1 Å². The highest BCUT2D eigenvalue weighted by Gasteiger charge is 2.23. The van der Waals surface area contributed by atoms with E-state index in [1.165, 1.54) is 12.1 Å². The number of hydrogen-bond acceptors (Lipinski definition) is 6. The molecule has 1 aliphatic heterocycles. The topological polar surface area (TPSA) is 122 Å². The van der Waals surface area contributed by atoms with E-state index in [-0.39, 0.29) is 18.1 Å². The van der Waals surface area contributed by atoms with E-state index in [4.69, 9.17) is 0 Å². The predicted octanol–water partition coefficient (Wildman–Crippen LogP) is 0.947. The lowest BCUT2D eigenvalue weighted by molar-refractivity contribution is -0.384. The molecule has 1 amide bonds. The van der Waals surface area contributed by atoms with Crippen LogP contribution in [0.3, 0.4) is 0 Å². The molecule has 10 heteroatoms. The molecule has 0 aliphatic carbocycles. The second-order valence-electron chi connectivity index (χ2n) is 7.01. The summed E-state index contributed by atoms with van der Waals surface area (Å²) in [6, 6.07) is 12.9. The first kappa shape index (κ1) is 19.4. The summed E-state index contributed by atoms with van der Waals surface area (Å²) in [6.07, 6.45) is 0. The lowest BCUT2D eigenvalue weighted by Gasteiger charge is -2.36. The van der Waals surface area contributed by atoms with Crippen molar-refractivity contribution in [1.29, 1.82) is 0 Å². The van der Waals surface area contributed by atoms with Gasteiger partial charge in [0.25, 0.3) is 11.2 Å². The summed E-state index contributed by atoms with van der Waals surface area (Å²) in [5.74, 6) is -0.304. The molecule has 3 aromatic rings. The van der Waals surface area contributed by atoms with Crippen LogP contribution in [0.4, 0.5) is 11.4 Å². The molecule has 0 atom stereocenters. The lowest BCUT2D eigenvalue weighted by atomic mass is 10.2.